The Hall–Kier alpha value is -3.48. The van der Waals surface area contributed by atoms with Gasteiger partial charge in [-0.15, -0.1) is 0 Å². The van der Waals surface area contributed by atoms with Gasteiger partial charge in [0.15, 0.2) is 0 Å². The lowest BCUT2D eigenvalue weighted by molar-refractivity contribution is -0.118. The maximum absolute atomic E-state index is 13.0. The molecule has 7 nitrogen and oxygen atoms in total. The van der Waals surface area contributed by atoms with E-state index in [2.05, 4.69) is 10.4 Å². The maximum Gasteiger partial charge on any atom is 0.271 e. The summed E-state index contributed by atoms with van der Waals surface area (Å²) in [6.45, 7) is 3.41. The van der Waals surface area contributed by atoms with Crippen LogP contribution in [0.5, 0.6) is 0 Å². The summed E-state index contributed by atoms with van der Waals surface area (Å²) < 4.78 is 0. The van der Waals surface area contributed by atoms with E-state index >= 15 is 0 Å². The van der Waals surface area contributed by atoms with E-state index in [1.807, 2.05) is 30.0 Å². The lowest BCUT2D eigenvalue weighted by Crippen LogP contribution is -2.37. The molecule has 7 heteroatoms. The van der Waals surface area contributed by atoms with Crippen molar-refractivity contribution in [1.29, 1.82) is 0 Å². The molecule has 2 aliphatic heterocycles. The summed E-state index contributed by atoms with van der Waals surface area (Å²) in [5, 5.41) is 8.46. The summed E-state index contributed by atoms with van der Waals surface area (Å²) in [5.74, 6) is -0.621. The van der Waals surface area contributed by atoms with E-state index in [1.165, 1.54) is 5.01 Å². The van der Waals surface area contributed by atoms with Gasteiger partial charge in [-0.25, -0.2) is 5.01 Å². The second-order valence-electron chi connectivity index (χ2n) is 7.94. The zero-order valence-corrected chi connectivity index (χ0v) is 17.6. The van der Waals surface area contributed by atoms with Gasteiger partial charge in [0.1, 0.15) is 5.71 Å². The Morgan fingerprint density at radius 1 is 0.968 bits per heavy atom. The van der Waals surface area contributed by atoms with Crippen LogP contribution in [-0.2, 0) is 9.59 Å². The van der Waals surface area contributed by atoms with Crippen molar-refractivity contribution in [3.8, 4) is 0 Å². The van der Waals surface area contributed by atoms with E-state index < -0.39 is 5.91 Å². The van der Waals surface area contributed by atoms with Crippen LogP contribution in [0.25, 0.3) is 0 Å². The summed E-state index contributed by atoms with van der Waals surface area (Å²) >= 11 is 0. The van der Waals surface area contributed by atoms with Crippen LogP contribution < -0.4 is 10.3 Å². The maximum atomic E-state index is 13.0. The Kier molecular flexibility index (Phi) is 6.11. The number of hydrogen-bond acceptors (Lipinski definition) is 4. The molecule has 2 aromatic carbocycles. The summed E-state index contributed by atoms with van der Waals surface area (Å²) in [5.41, 5.74) is 2.84. The minimum atomic E-state index is -0.399. The largest absolute Gasteiger partial charge is 0.339 e. The highest BCUT2D eigenvalue weighted by molar-refractivity contribution is 6.44. The van der Waals surface area contributed by atoms with Gasteiger partial charge in [-0.1, -0.05) is 24.3 Å². The van der Waals surface area contributed by atoms with Crippen LogP contribution >= 0.6 is 0 Å². The second kappa shape index (κ2) is 9.12. The van der Waals surface area contributed by atoms with E-state index in [0.717, 1.165) is 37.9 Å². The monoisotopic (exact) mass is 418 g/mol. The number of piperidine rings is 1. The number of carbonyl (C=O) groups is 3. The van der Waals surface area contributed by atoms with Gasteiger partial charge in [-0.3, -0.25) is 14.4 Å². The molecule has 1 saturated heterocycles. The highest BCUT2D eigenvalue weighted by Crippen LogP contribution is 2.23. The molecule has 0 radical (unpaired) electrons. The normalized spacial score (nSPS) is 16.7. The molecule has 0 aliphatic carbocycles. The first-order valence-electron chi connectivity index (χ1n) is 10.7. The second-order valence-corrected chi connectivity index (χ2v) is 7.94. The molecule has 0 spiro atoms. The van der Waals surface area contributed by atoms with E-state index in [-0.39, 0.29) is 30.4 Å². The molecule has 0 bridgehead atoms. The smallest absolute Gasteiger partial charge is 0.271 e. The van der Waals surface area contributed by atoms with Crippen molar-refractivity contribution in [1.82, 2.24) is 4.90 Å². The Bertz CT molecular complexity index is 1040. The van der Waals surface area contributed by atoms with E-state index in [1.54, 1.807) is 30.3 Å². The first-order valence-corrected chi connectivity index (χ1v) is 10.7. The Labute approximate surface area is 181 Å². The minimum absolute atomic E-state index is 0.0715. The molecule has 4 rings (SSSR count). The van der Waals surface area contributed by atoms with Gasteiger partial charge < -0.3 is 10.2 Å². The number of aryl methyl sites for hydroxylation is 1. The fourth-order valence-corrected chi connectivity index (χ4v) is 3.92. The number of rotatable bonds is 4. The van der Waals surface area contributed by atoms with Crippen molar-refractivity contribution in [2.45, 2.75) is 39.0 Å². The van der Waals surface area contributed by atoms with Gasteiger partial charge in [0.25, 0.3) is 11.8 Å². The summed E-state index contributed by atoms with van der Waals surface area (Å²) in [4.78, 5) is 40.2. The number of para-hydroxylation sites is 1. The van der Waals surface area contributed by atoms with Crippen LogP contribution in [0, 0.1) is 6.92 Å². The molecule has 31 heavy (non-hydrogen) atoms. The highest BCUT2D eigenvalue weighted by atomic mass is 16.2. The summed E-state index contributed by atoms with van der Waals surface area (Å²) in [7, 11) is 0. The number of likely N-dealkylation sites (tertiary alicyclic amines) is 1. The standard InChI is InChI=1S/C24H26N4O3/c1-17-8-7-9-18(16-17)28-22(29)13-12-21(26-28)23(30)25-20-11-4-3-10-19(20)24(31)27-14-5-2-6-15-27/h3-4,7-11,16H,2,5-6,12-15H2,1H3,(H,25,30). The van der Waals surface area contributed by atoms with Crippen molar-refractivity contribution in [2.24, 2.45) is 5.10 Å². The molecule has 1 fully saturated rings. The Morgan fingerprint density at radius 2 is 1.74 bits per heavy atom. The van der Waals surface area contributed by atoms with Crippen molar-refractivity contribution in [2.75, 3.05) is 23.4 Å². The number of hydrazone groups is 1. The number of nitrogens with zero attached hydrogens (tertiary/aromatic N) is 3. The van der Waals surface area contributed by atoms with Gasteiger partial charge in [0, 0.05) is 25.9 Å². The van der Waals surface area contributed by atoms with Crippen LogP contribution in [-0.4, -0.2) is 41.4 Å². The zero-order chi connectivity index (χ0) is 21.8. The molecule has 3 amide bonds. The number of benzene rings is 2. The molecule has 160 valence electrons. The fourth-order valence-electron chi connectivity index (χ4n) is 3.92. The van der Waals surface area contributed by atoms with Gasteiger partial charge in [0.2, 0.25) is 5.91 Å². The predicted octanol–water partition coefficient (Wildman–Crippen LogP) is 3.74. The first kappa shape index (κ1) is 20.8. The molecule has 1 N–H and O–H groups in total. The van der Waals surface area contributed by atoms with Gasteiger partial charge in [0.05, 0.1) is 16.9 Å². The van der Waals surface area contributed by atoms with Gasteiger partial charge in [-0.05, 0) is 56.0 Å². The third-order valence-corrected chi connectivity index (χ3v) is 5.59. The lowest BCUT2D eigenvalue weighted by Gasteiger charge is -2.27. The minimum Gasteiger partial charge on any atom is -0.339 e. The lowest BCUT2D eigenvalue weighted by atomic mass is 10.1. The third kappa shape index (κ3) is 4.66. The van der Waals surface area contributed by atoms with Gasteiger partial charge in [-0.2, -0.15) is 5.10 Å². The average Bonchev–Trinajstić information content (AvgIpc) is 2.80. The third-order valence-electron chi connectivity index (χ3n) is 5.59. The molecular formula is C24H26N4O3. The highest BCUT2D eigenvalue weighted by Gasteiger charge is 2.27. The number of amides is 3. The summed E-state index contributed by atoms with van der Waals surface area (Å²) in [6.07, 6.45) is 3.60. The summed E-state index contributed by atoms with van der Waals surface area (Å²) in [6, 6.07) is 14.5. The van der Waals surface area contributed by atoms with Crippen molar-refractivity contribution in [3.63, 3.8) is 0 Å². The average molecular weight is 418 g/mol. The molecule has 0 unspecified atom stereocenters. The van der Waals surface area contributed by atoms with Crippen LogP contribution in [0.15, 0.2) is 53.6 Å². The fraction of sp³-hybridized carbons (Fsp3) is 0.333. The number of nitrogens with one attached hydrogen (secondary N) is 1. The number of hydrogen-bond donors (Lipinski definition) is 1. The van der Waals surface area contributed by atoms with E-state index in [4.69, 9.17) is 0 Å². The van der Waals surface area contributed by atoms with Crippen molar-refractivity contribution < 1.29 is 14.4 Å². The first-order chi connectivity index (χ1) is 15.0. The van der Waals surface area contributed by atoms with Crippen molar-refractivity contribution in [3.05, 3.63) is 59.7 Å². The van der Waals surface area contributed by atoms with Crippen LogP contribution in [0.1, 0.15) is 48.0 Å². The molecule has 2 aliphatic rings. The molecule has 0 atom stereocenters. The van der Waals surface area contributed by atoms with Crippen molar-refractivity contribution >= 4 is 34.8 Å². The van der Waals surface area contributed by atoms with Gasteiger partial charge >= 0.3 is 0 Å². The molecular weight excluding hydrogens is 392 g/mol. The quantitative estimate of drug-likeness (QED) is 0.821. The van der Waals surface area contributed by atoms with Crippen LogP contribution in [0.2, 0.25) is 0 Å². The Morgan fingerprint density at radius 3 is 2.52 bits per heavy atom. The topological polar surface area (TPSA) is 82.1 Å². The number of carbonyl (C=O) groups excluding carboxylic acids is 3. The van der Waals surface area contributed by atoms with Crippen LogP contribution in [0.3, 0.4) is 0 Å². The predicted molar refractivity (Wildman–Crippen MR) is 120 cm³/mol. The molecule has 2 aromatic rings. The van der Waals surface area contributed by atoms with E-state index in [0.29, 0.717) is 16.9 Å². The zero-order valence-electron chi connectivity index (χ0n) is 17.6. The number of anilines is 2. The molecule has 2 heterocycles. The van der Waals surface area contributed by atoms with E-state index in [9.17, 15) is 14.4 Å². The molecule has 0 saturated carbocycles. The SMILES string of the molecule is Cc1cccc(N2N=C(C(=O)Nc3ccccc3C(=O)N3CCCCC3)CCC2=O)c1. The Balaban J connectivity index is 1.55. The van der Waals surface area contributed by atoms with Crippen LogP contribution in [0.4, 0.5) is 11.4 Å². The molecule has 0 aromatic heterocycles.